The highest BCUT2D eigenvalue weighted by Gasteiger charge is 2.50. The Balaban J connectivity index is 1.44. The average Bonchev–Trinajstić information content (AvgIpc) is 3.46. The largest absolute Gasteiger partial charge is 0.383 e. The molecule has 2 N–H and O–H groups in total. The van der Waals surface area contributed by atoms with E-state index in [-0.39, 0.29) is 5.91 Å². The molecule has 0 unspecified atom stereocenters. The SMILES string of the molecule is COCCN(C)C(=O)c1ccc(-c2nn(C3CC4(CNC4)C3)c(C)c2-c2c(Cl)c(C)cc3[nH]ncc23)cc1. The number of fused-ring (bicyclic) bond motifs is 1. The van der Waals surface area contributed by atoms with Crippen LogP contribution in [0.2, 0.25) is 5.02 Å². The van der Waals surface area contributed by atoms with Gasteiger partial charge in [-0.2, -0.15) is 10.2 Å². The number of halogens is 1. The van der Waals surface area contributed by atoms with Crippen LogP contribution >= 0.6 is 11.6 Å². The number of carbonyl (C=O) groups is 1. The number of ether oxygens (including phenoxy) is 1. The summed E-state index contributed by atoms with van der Waals surface area (Å²) in [5.74, 6) is -0.0359. The van der Waals surface area contributed by atoms with Crippen molar-refractivity contribution in [3.63, 3.8) is 0 Å². The van der Waals surface area contributed by atoms with Crippen molar-refractivity contribution in [3.8, 4) is 22.4 Å². The number of aromatic amines is 1. The van der Waals surface area contributed by atoms with Gasteiger partial charge >= 0.3 is 0 Å². The van der Waals surface area contributed by atoms with E-state index in [1.165, 1.54) is 0 Å². The van der Waals surface area contributed by atoms with Gasteiger partial charge in [0.2, 0.25) is 0 Å². The number of benzene rings is 2. The maximum atomic E-state index is 12.9. The van der Waals surface area contributed by atoms with Crippen LogP contribution in [-0.2, 0) is 4.74 Å². The summed E-state index contributed by atoms with van der Waals surface area (Å²) in [5, 5.41) is 17.7. The Morgan fingerprint density at radius 2 is 1.95 bits per heavy atom. The molecule has 1 saturated carbocycles. The Morgan fingerprint density at radius 1 is 1.21 bits per heavy atom. The Morgan fingerprint density at radius 3 is 2.61 bits per heavy atom. The fraction of sp³-hybridized carbons (Fsp3) is 0.414. The predicted octanol–water partition coefficient (Wildman–Crippen LogP) is 5.01. The van der Waals surface area contributed by atoms with Crippen LogP contribution in [0.4, 0.5) is 0 Å². The van der Waals surface area contributed by atoms with E-state index in [9.17, 15) is 4.79 Å². The first-order chi connectivity index (χ1) is 18.3. The van der Waals surface area contributed by atoms with Gasteiger partial charge in [0.05, 0.1) is 29.4 Å². The number of H-pyrrole nitrogens is 1. The molecule has 9 heteroatoms. The lowest BCUT2D eigenvalue weighted by molar-refractivity contribution is 0.00164. The van der Waals surface area contributed by atoms with Gasteiger partial charge < -0.3 is 15.0 Å². The fourth-order valence-corrected chi connectivity index (χ4v) is 6.27. The summed E-state index contributed by atoms with van der Waals surface area (Å²) in [6, 6.07) is 10.1. The zero-order valence-corrected chi connectivity index (χ0v) is 23.0. The van der Waals surface area contributed by atoms with Crippen molar-refractivity contribution in [2.75, 3.05) is 40.4 Å². The van der Waals surface area contributed by atoms with Crippen LogP contribution in [-0.4, -0.2) is 71.2 Å². The maximum Gasteiger partial charge on any atom is 0.253 e. The first kappa shape index (κ1) is 25.1. The third-order valence-electron chi connectivity index (χ3n) is 8.33. The van der Waals surface area contributed by atoms with Gasteiger partial charge in [-0.1, -0.05) is 23.7 Å². The van der Waals surface area contributed by atoms with Crippen molar-refractivity contribution in [1.82, 2.24) is 30.2 Å². The molecule has 1 aliphatic heterocycles. The highest BCUT2D eigenvalue weighted by molar-refractivity contribution is 6.36. The molecule has 6 rings (SSSR count). The van der Waals surface area contributed by atoms with Crippen LogP contribution in [0.3, 0.4) is 0 Å². The van der Waals surface area contributed by atoms with Crippen molar-refractivity contribution in [3.05, 3.63) is 58.4 Å². The number of hydrogen-bond acceptors (Lipinski definition) is 5. The quantitative estimate of drug-likeness (QED) is 0.349. The molecule has 38 heavy (non-hydrogen) atoms. The molecule has 8 nitrogen and oxygen atoms in total. The highest BCUT2D eigenvalue weighted by atomic mass is 35.5. The zero-order chi connectivity index (χ0) is 26.6. The summed E-state index contributed by atoms with van der Waals surface area (Å²) < 4.78 is 7.32. The summed E-state index contributed by atoms with van der Waals surface area (Å²) >= 11 is 7.00. The number of nitrogens with zero attached hydrogens (tertiary/aromatic N) is 4. The van der Waals surface area contributed by atoms with Crippen molar-refractivity contribution in [2.45, 2.75) is 32.7 Å². The van der Waals surface area contributed by atoms with Crippen LogP contribution in [0.25, 0.3) is 33.3 Å². The van der Waals surface area contributed by atoms with Crippen molar-refractivity contribution in [2.24, 2.45) is 5.41 Å². The molecule has 2 fully saturated rings. The number of rotatable bonds is 7. The van der Waals surface area contributed by atoms with Crippen LogP contribution in [0.5, 0.6) is 0 Å². The molecule has 0 radical (unpaired) electrons. The zero-order valence-electron chi connectivity index (χ0n) is 22.3. The number of amides is 1. The van der Waals surface area contributed by atoms with Crippen LogP contribution < -0.4 is 5.32 Å². The molecular weight excluding hydrogens is 500 g/mol. The number of nitrogens with one attached hydrogen (secondary N) is 2. The Bertz CT molecular complexity index is 1510. The van der Waals surface area contributed by atoms with Crippen LogP contribution in [0, 0.1) is 19.3 Å². The van der Waals surface area contributed by atoms with E-state index in [4.69, 9.17) is 21.4 Å². The van der Waals surface area contributed by atoms with E-state index in [2.05, 4.69) is 27.1 Å². The molecule has 4 aromatic rings. The van der Waals surface area contributed by atoms with E-state index in [1.807, 2.05) is 43.5 Å². The summed E-state index contributed by atoms with van der Waals surface area (Å²) in [4.78, 5) is 14.6. The van der Waals surface area contributed by atoms with E-state index in [0.717, 1.165) is 70.5 Å². The third kappa shape index (κ3) is 4.02. The van der Waals surface area contributed by atoms with Crippen molar-refractivity contribution in [1.29, 1.82) is 0 Å². The normalized spacial score (nSPS) is 16.6. The molecule has 1 saturated heterocycles. The molecule has 2 aromatic heterocycles. The standard InChI is InChI=1S/C29H33ClN6O2/c1-17-11-23-22(14-32-33-23)25(26(17)30)24-18(2)36(21-12-29(13-21)15-31-16-29)34-27(24)19-5-7-20(8-6-19)28(37)35(3)9-10-38-4/h5-8,11,14,21,31H,9-10,12-13,15-16H2,1-4H3,(H,32,33). The van der Waals surface area contributed by atoms with E-state index in [1.54, 1.807) is 19.1 Å². The molecule has 1 spiro atoms. The fourth-order valence-electron chi connectivity index (χ4n) is 6.02. The lowest BCUT2D eigenvalue weighted by Crippen LogP contribution is -2.60. The van der Waals surface area contributed by atoms with Gasteiger partial charge in [0.25, 0.3) is 5.91 Å². The molecule has 3 heterocycles. The third-order valence-corrected chi connectivity index (χ3v) is 8.82. The Labute approximate surface area is 227 Å². The number of carbonyl (C=O) groups excluding carboxylic acids is 1. The first-order valence-electron chi connectivity index (χ1n) is 13.1. The molecular formula is C29H33ClN6O2. The van der Waals surface area contributed by atoms with E-state index in [0.29, 0.717) is 35.2 Å². The summed E-state index contributed by atoms with van der Waals surface area (Å²) in [5.41, 5.74) is 7.89. The molecule has 1 amide bonds. The van der Waals surface area contributed by atoms with Crippen LogP contribution in [0.15, 0.2) is 36.5 Å². The molecule has 0 bridgehead atoms. The second kappa shape index (κ2) is 9.52. The molecule has 2 aromatic carbocycles. The van der Waals surface area contributed by atoms with Gasteiger partial charge in [0, 0.05) is 67.1 Å². The van der Waals surface area contributed by atoms with E-state index < -0.39 is 0 Å². The second-order valence-electron chi connectivity index (χ2n) is 10.9. The Kier molecular flexibility index (Phi) is 6.29. The monoisotopic (exact) mass is 532 g/mol. The number of likely N-dealkylation sites (N-methyl/N-ethyl adjacent to an activating group) is 1. The van der Waals surface area contributed by atoms with Gasteiger partial charge in [-0.15, -0.1) is 0 Å². The minimum Gasteiger partial charge on any atom is -0.383 e. The number of methoxy groups -OCH3 is 1. The Hall–Kier alpha value is -3.20. The van der Waals surface area contributed by atoms with Gasteiger partial charge in [-0.25, -0.2) is 0 Å². The summed E-state index contributed by atoms with van der Waals surface area (Å²) in [6.07, 6.45) is 4.10. The topological polar surface area (TPSA) is 88.1 Å². The minimum atomic E-state index is -0.0359. The lowest BCUT2D eigenvalue weighted by Gasteiger charge is -2.54. The maximum absolute atomic E-state index is 12.9. The van der Waals surface area contributed by atoms with Gasteiger partial charge in [0.15, 0.2) is 0 Å². The number of hydrogen-bond donors (Lipinski definition) is 2. The van der Waals surface area contributed by atoms with Gasteiger partial charge in [0.1, 0.15) is 5.69 Å². The smallest absolute Gasteiger partial charge is 0.253 e. The van der Waals surface area contributed by atoms with Crippen molar-refractivity contribution >= 4 is 28.4 Å². The van der Waals surface area contributed by atoms with Crippen LogP contribution in [0.1, 0.15) is 40.5 Å². The average molecular weight is 533 g/mol. The molecule has 198 valence electrons. The van der Waals surface area contributed by atoms with E-state index >= 15 is 0 Å². The predicted molar refractivity (Wildman–Crippen MR) is 150 cm³/mol. The van der Waals surface area contributed by atoms with Gasteiger partial charge in [-0.3, -0.25) is 14.6 Å². The summed E-state index contributed by atoms with van der Waals surface area (Å²) in [7, 11) is 3.42. The molecule has 2 aliphatic rings. The lowest BCUT2D eigenvalue weighted by atomic mass is 9.61. The first-order valence-corrected chi connectivity index (χ1v) is 13.5. The molecule has 0 atom stereocenters. The second-order valence-corrected chi connectivity index (χ2v) is 11.3. The summed E-state index contributed by atoms with van der Waals surface area (Å²) in [6.45, 7) is 7.39. The van der Waals surface area contributed by atoms with Crippen molar-refractivity contribution < 1.29 is 9.53 Å². The number of aryl methyl sites for hydroxylation is 1. The number of aromatic nitrogens is 4. The minimum absolute atomic E-state index is 0.0359. The highest BCUT2D eigenvalue weighted by Crippen LogP contribution is 2.53. The molecule has 1 aliphatic carbocycles. The van der Waals surface area contributed by atoms with Gasteiger partial charge in [-0.05, 0) is 55.9 Å².